The van der Waals surface area contributed by atoms with E-state index >= 15 is 0 Å². The zero-order chi connectivity index (χ0) is 23.4. The third-order valence-corrected chi connectivity index (χ3v) is 7.24. The van der Waals surface area contributed by atoms with E-state index in [0.29, 0.717) is 24.9 Å². The minimum atomic E-state index is -3.62. The molecule has 10 heteroatoms. The molecule has 1 aliphatic heterocycles. The molecule has 8 nitrogen and oxygen atoms in total. The predicted molar refractivity (Wildman–Crippen MR) is 126 cm³/mol. The van der Waals surface area contributed by atoms with E-state index in [1.165, 1.54) is 16.4 Å². The van der Waals surface area contributed by atoms with Gasteiger partial charge >= 0.3 is 0 Å². The van der Waals surface area contributed by atoms with Crippen molar-refractivity contribution in [2.24, 2.45) is 0 Å². The topological polar surface area (TPSA) is 87.7 Å². The Morgan fingerprint density at radius 3 is 2.39 bits per heavy atom. The molecule has 1 aromatic heterocycles. The van der Waals surface area contributed by atoms with Crippen LogP contribution in [0.5, 0.6) is 5.75 Å². The molecule has 0 saturated carbocycles. The number of nitrogens with one attached hydrogen (secondary N) is 1. The number of ether oxygens (including phenoxy) is 1. The number of hydrogen-bond donors (Lipinski definition) is 1. The van der Waals surface area contributed by atoms with Crippen LogP contribution >= 0.6 is 0 Å². The molecule has 174 valence electrons. The molecule has 1 aliphatic rings. The lowest BCUT2D eigenvalue weighted by molar-refractivity contribution is 0.381. The fraction of sp³-hybridized carbons (Fsp3) is 0.304. The highest BCUT2D eigenvalue weighted by Crippen LogP contribution is 2.22. The van der Waals surface area contributed by atoms with Crippen LogP contribution < -0.4 is 15.0 Å². The smallest absolute Gasteiger partial charge is 0.227 e. The van der Waals surface area contributed by atoms with Crippen LogP contribution in [0.1, 0.15) is 11.3 Å². The van der Waals surface area contributed by atoms with E-state index in [-0.39, 0.29) is 24.4 Å². The Kier molecular flexibility index (Phi) is 6.75. The Bertz CT molecular complexity index is 1210. The number of anilines is 3. The Morgan fingerprint density at radius 1 is 1.03 bits per heavy atom. The largest absolute Gasteiger partial charge is 0.497 e. The molecular formula is C23H26FN5O3S. The van der Waals surface area contributed by atoms with Crippen molar-refractivity contribution in [1.29, 1.82) is 0 Å². The summed E-state index contributed by atoms with van der Waals surface area (Å²) in [5.74, 6) is 1.10. The Hall–Kier alpha value is -3.24. The summed E-state index contributed by atoms with van der Waals surface area (Å²) in [5.41, 5.74) is 1.84. The number of aromatic nitrogens is 2. The van der Waals surface area contributed by atoms with Crippen molar-refractivity contribution in [2.75, 3.05) is 43.5 Å². The maximum Gasteiger partial charge on any atom is 0.227 e. The lowest BCUT2D eigenvalue weighted by Crippen LogP contribution is -2.49. The first-order chi connectivity index (χ1) is 15.8. The van der Waals surface area contributed by atoms with Gasteiger partial charge in [-0.3, -0.25) is 0 Å². The van der Waals surface area contributed by atoms with Gasteiger partial charge in [-0.1, -0.05) is 18.2 Å². The maximum atomic E-state index is 13.9. The molecule has 33 heavy (non-hydrogen) atoms. The van der Waals surface area contributed by atoms with Gasteiger partial charge in [-0.05, 0) is 37.3 Å². The first-order valence-corrected chi connectivity index (χ1v) is 12.2. The van der Waals surface area contributed by atoms with E-state index in [0.717, 1.165) is 17.1 Å². The van der Waals surface area contributed by atoms with Gasteiger partial charge in [0.15, 0.2) is 0 Å². The molecule has 3 aromatic rings. The van der Waals surface area contributed by atoms with Crippen LogP contribution in [-0.2, 0) is 15.8 Å². The molecule has 1 saturated heterocycles. The van der Waals surface area contributed by atoms with Gasteiger partial charge in [-0.25, -0.2) is 17.8 Å². The minimum Gasteiger partial charge on any atom is -0.497 e. The molecule has 1 fully saturated rings. The maximum absolute atomic E-state index is 13.9. The first kappa shape index (κ1) is 22.9. The molecule has 0 bridgehead atoms. The van der Waals surface area contributed by atoms with E-state index in [4.69, 9.17) is 4.74 Å². The molecule has 0 atom stereocenters. The zero-order valence-electron chi connectivity index (χ0n) is 18.5. The van der Waals surface area contributed by atoms with E-state index in [9.17, 15) is 12.8 Å². The van der Waals surface area contributed by atoms with Gasteiger partial charge in [0.2, 0.25) is 16.0 Å². The third-order valence-electron chi connectivity index (χ3n) is 5.42. The van der Waals surface area contributed by atoms with Crippen molar-refractivity contribution in [3.8, 4) is 5.75 Å². The van der Waals surface area contributed by atoms with E-state index < -0.39 is 15.8 Å². The Morgan fingerprint density at radius 2 is 1.73 bits per heavy atom. The van der Waals surface area contributed by atoms with E-state index in [1.54, 1.807) is 19.2 Å². The molecule has 0 radical (unpaired) electrons. The fourth-order valence-corrected chi connectivity index (χ4v) is 5.18. The van der Waals surface area contributed by atoms with Crippen LogP contribution in [0.15, 0.2) is 54.6 Å². The van der Waals surface area contributed by atoms with Crippen LogP contribution in [0, 0.1) is 12.7 Å². The summed E-state index contributed by atoms with van der Waals surface area (Å²) in [6.45, 7) is 3.36. The SMILES string of the molecule is COc1ccc(Nc2cc(C)nc(N3CCN(S(=O)(=O)Cc4ccccc4F)CC3)n2)cc1. The summed E-state index contributed by atoms with van der Waals surface area (Å²) in [5, 5.41) is 3.27. The van der Waals surface area contributed by atoms with E-state index in [2.05, 4.69) is 15.3 Å². The second-order valence-corrected chi connectivity index (χ2v) is 9.75. The summed E-state index contributed by atoms with van der Waals surface area (Å²) < 4.78 is 46.1. The number of piperazine rings is 1. The fourth-order valence-electron chi connectivity index (χ4n) is 3.65. The number of sulfonamides is 1. The number of rotatable bonds is 7. The molecule has 0 spiro atoms. The molecule has 1 N–H and O–H groups in total. The molecule has 2 aromatic carbocycles. The predicted octanol–water partition coefficient (Wildman–Crippen LogP) is 3.33. The van der Waals surface area contributed by atoms with Crippen molar-refractivity contribution in [3.05, 3.63) is 71.7 Å². The van der Waals surface area contributed by atoms with Crippen molar-refractivity contribution < 1.29 is 17.5 Å². The highest BCUT2D eigenvalue weighted by molar-refractivity contribution is 7.88. The third kappa shape index (κ3) is 5.58. The summed E-state index contributed by atoms with van der Waals surface area (Å²) in [6.07, 6.45) is 0. The summed E-state index contributed by atoms with van der Waals surface area (Å²) >= 11 is 0. The van der Waals surface area contributed by atoms with E-state index in [1.807, 2.05) is 42.2 Å². The standard InChI is InChI=1S/C23H26FN5O3S/c1-17-15-22(26-19-7-9-20(32-2)10-8-19)27-23(25-17)28-11-13-29(14-12-28)33(30,31)16-18-5-3-4-6-21(18)24/h3-10,15H,11-14,16H2,1-2H3,(H,25,26,27). The van der Waals surface area contributed by atoms with Crippen molar-refractivity contribution in [1.82, 2.24) is 14.3 Å². The van der Waals surface area contributed by atoms with Gasteiger partial charge in [-0.15, -0.1) is 0 Å². The van der Waals surface area contributed by atoms with Gasteiger partial charge in [0.05, 0.1) is 12.9 Å². The minimum absolute atomic E-state index is 0.177. The molecule has 0 amide bonds. The highest BCUT2D eigenvalue weighted by Gasteiger charge is 2.29. The molecule has 0 aliphatic carbocycles. The van der Waals surface area contributed by atoms with Gasteiger partial charge < -0.3 is 15.0 Å². The van der Waals surface area contributed by atoms with Crippen molar-refractivity contribution in [3.63, 3.8) is 0 Å². The quantitative estimate of drug-likeness (QED) is 0.566. The second kappa shape index (κ2) is 9.72. The zero-order valence-corrected chi connectivity index (χ0v) is 19.3. The lowest BCUT2D eigenvalue weighted by Gasteiger charge is -2.34. The van der Waals surface area contributed by atoms with Crippen LogP contribution in [0.3, 0.4) is 0 Å². The number of benzene rings is 2. The van der Waals surface area contributed by atoms with Crippen LogP contribution in [0.25, 0.3) is 0 Å². The first-order valence-electron chi connectivity index (χ1n) is 10.6. The second-order valence-electron chi connectivity index (χ2n) is 7.78. The number of aryl methyl sites for hydroxylation is 1. The molecule has 0 unspecified atom stereocenters. The molecule has 2 heterocycles. The van der Waals surface area contributed by atoms with Crippen LogP contribution in [0.4, 0.5) is 21.8 Å². The summed E-state index contributed by atoms with van der Waals surface area (Å²) in [4.78, 5) is 11.1. The van der Waals surface area contributed by atoms with Crippen LogP contribution in [0.2, 0.25) is 0 Å². The number of nitrogens with zero attached hydrogens (tertiary/aromatic N) is 4. The Labute approximate surface area is 193 Å². The summed E-state index contributed by atoms with van der Waals surface area (Å²) in [6, 6.07) is 15.3. The van der Waals surface area contributed by atoms with Crippen molar-refractivity contribution in [2.45, 2.75) is 12.7 Å². The monoisotopic (exact) mass is 471 g/mol. The molecular weight excluding hydrogens is 445 g/mol. The number of hydrogen-bond acceptors (Lipinski definition) is 7. The Balaban J connectivity index is 1.42. The van der Waals surface area contributed by atoms with Crippen LogP contribution in [-0.4, -0.2) is 56.0 Å². The van der Waals surface area contributed by atoms with Crippen molar-refractivity contribution >= 4 is 27.5 Å². The molecule has 4 rings (SSSR count). The van der Waals surface area contributed by atoms with Gasteiger partial charge in [0, 0.05) is 49.2 Å². The number of methoxy groups -OCH3 is 1. The summed E-state index contributed by atoms with van der Waals surface area (Å²) in [7, 11) is -2.01. The lowest BCUT2D eigenvalue weighted by atomic mass is 10.2. The van der Waals surface area contributed by atoms with Gasteiger partial charge in [-0.2, -0.15) is 9.29 Å². The average molecular weight is 472 g/mol. The van der Waals surface area contributed by atoms with Gasteiger partial charge in [0.25, 0.3) is 0 Å². The number of halogens is 1. The average Bonchev–Trinajstić information content (AvgIpc) is 2.81. The van der Waals surface area contributed by atoms with Gasteiger partial charge in [0.1, 0.15) is 17.4 Å². The normalized spacial score (nSPS) is 14.8. The highest BCUT2D eigenvalue weighted by atomic mass is 32.2.